The molecule has 6 heteroatoms. The lowest BCUT2D eigenvalue weighted by atomic mass is 10.2. The molecule has 2 saturated heterocycles. The number of hydrogen-bond donors (Lipinski definition) is 1. The predicted molar refractivity (Wildman–Crippen MR) is 120 cm³/mol. The Balaban J connectivity index is 1.19. The first kappa shape index (κ1) is 20.7. The lowest BCUT2D eigenvalue weighted by molar-refractivity contribution is -0.123. The molecular formula is C24H32N4O2. The minimum atomic E-state index is 0.146. The van der Waals surface area contributed by atoms with E-state index in [1.807, 2.05) is 24.3 Å². The van der Waals surface area contributed by atoms with Crippen molar-refractivity contribution in [2.45, 2.75) is 19.0 Å². The molecule has 0 saturated carbocycles. The highest BCUT2D eigenvalue weighted by Crippen LogP contribution is 2.28. The maximum atomic E-state index is 12.6. The molecule has 0 spiro atoms. The number of methoxy groups -OCH3 is 1. The summed E-state index contributed by atoms with van der Waals surface area (Å²) in [5.74, 6) is 1.05. The van der Waals surface area contributed by atoms with E-state index in [4.69, 9.17) is 4.74 Å². The molecule has 0 radical (unpaired) electrons. The van der Waals surface area contributed by atoms with Crippen LogP contribution in [0.3, 0.4) is 0 Å². The van der Waals surface area contributed by atoms with Gasteiger partial charge in [0.1, 0.15) is 5.75 Å². The van der Waals surface area contributed by atoms with Crippen LogP contribution < -0.4 is 15.0 Å². The summed E-state index contributed by atoms with van der Waals surface area (Å²) in [5, 5.41) is 3.25. The molecular weight excluding hydrogens is 376 g/mol. The van der Waals surface area contributed by atoms with Gasteiger partial charge in [0.25, 0.3) is 0 Å². The Labute approximate surface area is 179 Å². The number of benzene rings is 2. The number of amides is 1. The van der Waals surface area contributed by atoms with Crippen molar-refractivity contribution in [2.75, 3.05) is 57.8 Å². The summed E-state index contributed by atoms with van der Waals surface area (Å²) in [5.41, 5.74) is 2.46. The van der Waals surface area contributed by atoms with Crippen molar-refractivity contribution in [3.63, 3.8) is 0 Å². The lowest BCUT2D eigenvalue weighted by Crippen LogP contribution is -2.50. The molecule has 2 heterocycles. The standard InChI is InChI=1S/C24H32N4O2/c1-30-23-10-6-5-9-22(23)28-15-13-26(14-16-28)19-24(29)25-21-11-12-27(18-21)17-20-7-3-2-4-8-20/h2-10,21H,11-19H2,1H3,(H,25,29)/t21-/m1/s1. The van der Waals surface area contributed by atoms with Crippen LogP contribution in [0.25, 0.3) is 0 Å². The molecule has 0 aromatic heterocycles. The van der Waals surface area contributed by atoms with Gasteiger partial charge in [-0.25, -0.2) is 0 Å². The molecule has 0 aliphatic carbocycles. The fourth-order valence-electron chi connectivity index (χ4n) is 4.45. The molecule has 2 fully saturated rings. The summed E-state index contributed by atoms with van der Waals surface area (Å²) in [4.78, 5) is 19.6. The van der Waals surface area contributed by atoms with Crippen LogP contribution >= 0.6 is 0 Å². The Kier molecular flexibility index (Phi) is 6.87. The molecule has 2 aromatic carbocycles. The van der Waals surface area contributed by atoms with Gasteiger partial charge in [-0.05, 0) is 24.1 Å². The summed E-state index contributed by atoms with van der Waals surface area (Å²) in [6.45, 7) is 6.99. The number of para-hydroxylation sites is 2. The maximum absolute atomic E-state index is 12.6. The molecule has 2 aliphatic heterocycles. The molecule has 0 unspecified atom stereocenters. The minimum absolute atomic E-state index is 0.146. The maximum Gasteiger partial charge on any atom is 0.234 e. The average molecular weight is 409 g/mol. The van der Waals surface area contributed by atoms with Crippen molar-refractivity contribution in [3.8, 4) is 5.75 Å². The van der Waals surface area contributed by atoms with Gasteiger partial charge in [-0.3, -0.25) is 14.6 Å². The average Bonchev–Trinajstić information content (AvgIpc) is 3.21. The van der Waals surface area contributed by atoms with E-state index in [0.29, 0.717) is 6.54 Å². The van der Waals surface area contributed by atoms with Crippen LogP contribution in [-0.4, -0.2) is 74.7 Å². The smallest absolute Gasteiger partial charge is 0.234 e. The van der Waals surface area contributed by atoms with E-state index in [0.717, 1.165) is 63.7 Å². The molecule has 1 amide bonds. The van der Waals surface area contributed by atoms with E-state index in [9.17, 15) is 4.79 Å². The number of likely N-dealkylation sites (tertiary alicyclic amines) is 1. The van der Waals surface area contributed by atoms with Gasteiger partial charge in [0.15, 0.2) is 0 Å². The third-order valence-electron chi connectivity index (χ3n) is 6.05. The Bertz CT molecular complexity index is 821. The Hall–Kier alpha value is -2.57. The van der Waals surface area contributed by atoms with Crippen LogP contribution in [0, 0.1) is 0 Å². The molecule has 0 bridgehead atoms. The second-order valence-electron chi connectivity index (χ2n) is 8.21. The fourth-order valence-corrected chi connectivity index (χ4v) is 4.45. The summed E-state index contributed by atoms with van der Waals surface area (Å²) < 4.78 is 5.49. The van der Waals surface area contributed by atoms with Gasteiger partial charge in [0.05, 0.1) is 19.3 Å². The van der Waals surface area contributed by atoms with Crippen molar-refractivity contribution in [1.29, 1.82) is 0 Å². The molecule has 1 N–H and O–H groups in total. The van der Waals surface area contributed by atoms with Gasteiger partial charge in [0, 0.05) is 51.9 Å². The fraction of sp³-hybridized carbons (Fsp3) is 0.458. The third kappa shape index (κ3) is 5.32. The quantitative estimate of drug-likeness (QED) is 0.761. The summed E-state index contributed by atoms with van der Waals surface area (Å²) in [6.07, 6.45) is 1.03. The van der Waals surface area contributed by atoms with Gasteiger partial charge >= 0.3 is 0 Å². The number of rotatable bonds is 7. The van der Waals surface area contributed by atoms with Crippen LogP contribution in [0.2, 0.25) is 0 Å². The zero-order valence-corrected chi connectivity index (χ0v) is 17.8. The number of nitrogens with one attached hydrogen (secondary N) is 1. The molecule has 1 atom stereocenters. The first-order chi connectivity index (χ1) is 14.7. The number of carbonyl (C=O) groups excluding carboxylic acids is 1. The molecule has 6 nitrogen and oxygen atoms in total. The molecule has 2 aliphatic rings. The highest BCUT2D eigenvalue weighted by Gasteiger charge is 2.26. The number of ether oxygens (including phenoxy) is 1. The van der Waals surface area contributed by atoms with E-state index in [1.165, 1.54) is 5.56 Å². The van der Waals surface area contributed by atoms with Gasteiger partial charge in [-0.15, -0.1) is 0 Å². The van der Waals surface area contributed by atoms with Crippen LogP contribution in [0.5, 0.6) is 5.75 Å². The van der Waals surface area contributed by atoms with Crippen molar-refractivity contribution in [2.24, 2.45) is 0 Å². The van der Waals surface area contributed by atoms with Crippen LogP contribution in [0.15, 0.2) is 54.6 Å². The Morgan fingerprint density at radius 2 is 1.70 bits per heavy atom. The summed E-state index contributed by atoms with van der Waals surface area (Å²) in [6, 6.07) is 18.9. The van der Waals surface area contributed by atoms with Gasteiger partial charge in [-0.2, -0.15) is 0 Å². The zero-order valence-electron chi connectivity index (χ0n) is 17.8. The number of nitrogens with zero attached hydrogens (tertiary/aromatic N) is 3. The SMILES string of the molecule is COc1ccccc1N1CCN(CC(=O)N[C@@H]2CCN(Cc3ccccc3)C2)CC1. The number of anilines is 1. The highest BCUT2D eigenvalue weighted by atomic mass is 16.5. The number of piperazine rings is 1. The zero-order chi connectivity index (χ0) is 20.8. The number of carbonyl (C=O) groups is 1. The van der Waals surface area contributed by atoms with E-state index in [2.05, 4.69) is 50.3 Å². The van der Waals surface area contributed by atoms with Gasteiger partial charge in [-0.1, -0.05) is 42.5 Å². The summed E-state index contributed by atoms with van der Waals surface area (Å²) >= 11 is 0. The number of hydrogen-bond acceptors (Lipinski definition) is 5. The van der Waals surface area contributed by atoms with Crippen molar-refractivity contribution in [1.82, 2.24) is 15.1 Å². The van der Waals surface area contributed by atoms with Crippen LogP contribution in [-0.2, 0) is 11.3 Å². The molecule has 30 heavy (non-hydrogen) atoms. The van der Waals surface area contributed by atoms with E-state index in [1.54, 1.807) is 7.11 Å². The Morgan fingerprint density at radius 1 is 0.967 bits per heavy atom. The summed E-state index contributed by atoms with van der Waals surface area (Å²) in [7, 11) is 1.71. The predicted octanol–water partition coefficient (Wildman–Crippen LogP) is 2.21. The van der Waals surface area contributed by atoms with E-state index in [-0.39, 0.29) is 11.9 Å². The highest BCUT2D eigenvalue weighted by molar-refractivity contribution is 5.78. The van der Waals surface area contributed by atoms with Crippen LogP contribution in [0.1, 0.15) is 12.0 Å². The monoisotopic (exact) mass is 408 g/mol. The normalized spacial score (nSPS) is 20.3. The van der Waals surface area contributed by atoms with Crippen molar-refractivity contribution >= 4 is 11.6 Å². The van der Waals surface area contributed by atoms with Crippen LogP contribution in [0.4, 0.5) is 5.69 Å². The minimum Gasteiger partial charge on any atom is -0.495 e. The molecule has 4 rings (SSSR count). The second kappa shape index (κ2) is 9.96. The Morgan fingerprint density at radius 3 is 2.47 bits per heavy atom. The second-order valence-corrected chi connectivity index (χ2v) is 8.21. The molecule has 160 valence electrons. The van der Waals surface area contributed by atoms with Crippen molar-refractivity contribution < 1.29 is 9.53 Å². The topological polar surface area (TPSA) is 48.1 Å². The first-order valence-electron chi connectivity index (χ1n) is 10.9. The molecule has 2 aromatic rings. The van der Waals surface area contributed by atoms with E-state index < -0.39 is 0 Å². The largest absolute Gasteiger partial charge is 0.495 e. The van der Waals surface area contributed by atoms with Gasteiger partial charge in [0.2, 0.25) is 5.91 Å². The lowest BCUT2D eigenvalue weighted by Gasteiger charge is -2.36. The third-order valence-corrected chi connectivity index (χ3v) is 6.05. The van der Waals surface area contributed by atoms with E-state index >= 15 is 0 Å². The van der Waals surface area contributed by atoms with Crippen molar-refractivity contribution in [3.05, 3.63) is 60.2 Å². The first-order valence-corrected chi connectivity index (χ1v) is 10.9. The van der Waals surface area contributed by atoms with Gasteiger partial charge < -0.3 is 15.0 Å².